The maximum atomic E-state index is 12.4. The second-order valence-electron chi connectivity index (χ2n) is 5.86. The minimum Gasteiger partial charge on any atom is -0.353 e. The molecule has 0 bridgehead atoms. The van der Waals surface area contributed by atoms with E-state index in [4.69, 9.17) is 11.6 Å². The Kier molecular flexibility index (Phi) is 4.15. The van der Waals surface area contributed by atoms with Crippen molar-refractivity contribution in [3.63, 3.8) is 0 Å². The van der Waals surface area contributed by atoms with Gasteiger partial charge < -0.3 is 10.2 Å². The highest BCUT2D eigenvalue weighted by Crippen LogP contribution is 2.29. The molecule has 2 fully saturated rings. The Morgan fingerprint density at radius 2 is 1.86 bits per heavy atom. The molecule has 4 nitrogen and oxygen atoms in total. The third kappa shape index (κ3) is 3.56. The Morgan fingerprint density at radius 3 is 2.48 bits per heavy atom. The van der Waals surface area contributed by atoms with Crippen LogP contribution in [0.2, 0.25) is 5.02 Å². The second-order valence-corrected chi connectivity index (χ2v) is 6.30. The van der Waals surface area contributed by atoms with Crippen molar-refractivity contribution >= 4 is 23.4 Å². The number of amides is 2. The van der Waals surface area contributed by atoms with Crippen molar-refractivity contribution in [1.29, 1.82) is 0 Å². The first-order valence-electron chi connectivity index (χ1n) is 7.49. The number of benzene rings is 1. The van der Waals surface area contributed by atoms with E-state index >= 15 is 0 Å². The molecule has 1 aromatic carbocycles. The number of likely N-dealkylation sites (tertiary alicyclic amines) is 1. The van der Waals surface area contributed by atoms with Gasteiger partial charge in [-0.15, -0.1) is 0 Å². The van der Waals surface area contributed by atoms with Gasteiger partial charge in [0.25, 0.3) is 5.91 Å². The first kappa shape index (κ1) is 14.4. The number of rotatable bonds is 3. The molecule has 2 amide bonds. The van der Waals surface area contributed by atoms with Crippen molar-refractivity contribution < 1.29 is 9.59 Å². The van der Waals surface area contributed by atoms with Crippen LogP contribution in [0, 0.1) is 5.92 Å². The summed E-state index contributed by atoms with van der Waals surface area (Å²) in [6.07, 6.45) is 3.70. The number of carbonyl (C=O) groups excluding carboxylic acids is 2. The first-order valence-corrected chi connectivity index (χ1v) is 7.86. The van der Waals surface area contributed by atoms with Gasteiger partial charge in [-0.3, -0.25) is 9.59 Å². The molecule has 2 aliphatic rings. The summed E-state index contributed by atoms with van der Waals surface area (Å²) in [7, 11) is 0. The Morgan fingerprint density at radius 1 is 1.14 bits per heavy atom. The van der Waals surface area contributed by atoms with Crippen LogP contribution in [0.15, 0.2) is 24.3 Å². The highest BCUT2D eigenvalue weighted by molar-refractivity contribution is 6.30. The SMILES string of the molecule is O=C(NC1CCN(C(=O)c2cccc(Cl)c2)CC1)C1CC1. The zero-order valence-electron chi connectivity index (χ0n) is 11.8. The summed E-state index contributed by atoms with van der Waals surface area (Å²) in [6.45, 7) is 1.36. The minimum absolute atomic E-state index is 0.0180. The molecule has 1 heterocycles. The fourth-order valence-corrected chi connectivity index (χ4v) is 2.89. The van der Waals surface area contributed by atoms with E-state index in [1.807, 2.05) is 4.90 Å². The zero-order chi connectivity index (χ0) is 14.8. The van der Waals surface area contributed by atoms with Gasteiger partial charge in [-0.2, -0.15) is 0 Å². The van der Waals surface area contributed by atoms with Crippen LogP contribution in [-0.4, -0.2) is 35.8 Å². The molecule has 0 spiro atoms. The van der Waals surface area contributed by atoms with Gasteiger partial charge in [0.15, 0.2) is 0 Å². The average molecular weight is 307 g/mol. The van der Waals surface area contributed by atoms with E-state index < -0.39 is 0 Å². The van der Waals surface area contributed by atoms with Crippen LogP contribution < -0.4 is 5.32 Å². The molecule has 112 valence electrons. The third-order valence-electron chi connectivity index (χ3n) is 4.15. The van der Waals surface area contributed by atoms with Crippen molar-refractivity contribution in [1.82, 2.24) is 10.2 Å². The summed E-state index contributed by atoms with van der Waals surface area (Å²) in [5.41, 5.74) is 0.628. The number of piperidine rings is 1. The minimum atomic E-state index is 0.0180. The van der Waals surface area contributed by atoms with Crippen LogP contribution in [-0.2, 0) is 4.79 Å². The van der Waals surface area contributed by atoms with Gasteiger partial charge in [0.2, 0.25) is 5.91 Å². The Balaban J connectivity index is 1.53. The molecule has 1 aliphatic carbocycles. The second kappa shape index (κ2) is 6.06. The van der Waals surface area contributed by atoms with Gasteiger partial charge in [-0.05, 0) is 43.9 Å². The van der Waals surface area contributed by atoms with Gasteiger partial charge >= 0.3 is 0 Å². The van der Waals surface area contributed by atoms with Crippen LogP contribution in [0.25, 0.3) is 0 Å². The fourth-order valence-electron chi connectivity index (χ4n) is 2.70. The van der Waals surface area contributed by atoms with E-state index in [1.54, 1.807) is 24.3 Å². The molecule has 1 aliphatic heterocycles. The molecule has 0 unspecified atom stereocenters. The van der Waals surface area contributed by atoms with Crippen molar-refractivity contribution in [2.24, 2.45) is 5.92 Å². The lowest BCUT2D eigenvalue weighted by Crippen LogP contribution is -2.46. The van der Waals surface area contributed by atoms with E-state index in [2.05, 4.69) is 5.32 Å². The molecule has 1 saturated carbocycles. The Hall–Kier alpha value is -1.55. The van der Waals surface area contributed by atoms with Crippen LogP contribution in [0.5, 0.6) is 0 Å². The first-order chi connectivity index (χ1) is 10.1. The lowest BCUT2D eigenvalue weighted by molar-refractivity contribution is -0.123. The summed E-state index contributed by atoms with van der Waals surface area (Å²) < 4.78 is 0. The molecule has 0 radical (unpaired) electrons. The normalized spacial score (nSPS) is 19.4. The van der Waals surface area contributed by atoms with Crippen molar-refractivity contribution in [2.45, 2.75) is 31.7 Å². The molecule has 0 atom stereocenters. The summed E-state index contributed by atoms with van der Waals surface area (Å²) in [5.74, 6) is 0.454. The summed E-state index contributed by atoms with van der Waals surface area (Å²) in [5, 5.41) is 3.67. The highest BCUT2D eigenvalue weighted by atomic mass is 35.5. The Bertz CT molecular complexity index is 549. The zero-order valence-corrected chi connectivity index (χ0v) is 12.6. The number of hydrogen-bond donors (Lipinski definition) is 1. The molecular weight excluding hydrogens is 288 g/mol. The molecule has 5 heteroatoms. The van der Waals surface area contributed by atoms with Gasteiger partial charge in [-0.25, -0.2) is 0 Å². The average Bonchev–Trinajstić information content (AvgIpc) is 3.32. The number of halogens is 1. The smallest absolute Gasteiger partial charge is 0.253 e. The van der Waals surface area contributed by atoms with Crippen LogP contribution in [0.4, 0.5) is 0 Å². The highest BCUT2D eigenvalue weighted by Gasteiger charge is 2.32. The van der Waals surface area contributed by atoms with Crippen LogP contribution in [0.3, 0.4) is 0 Å². The molecule has 3 rings (SSSR count). The lowest BCUT2D eigenvalue weighted by Gasteiger charge is -2.32. The summed E-state index contributed by atoms with van der Waals surface area (Å²) in [6, 6.07) is 7.25. The molecular formula is C16H19ClN2O2. The molecule has 1 aromatic rings. The van der Waals surface area contributed by atoms with E-state index in [9.17, 15) is 9.59 Å². The quantitative estimate of drug-likeness (QED) is 0.932. The topological polar surface area (TPSA) is 49.4 Å². The lowest BCUT2D eigenvalue weighted by atomic mass is 10.0. The number of nitrogens with zero attached hydrogens (tertiary/aromatic N) is 1. The molecule has 1 N–H and O–H groups in total. The monoisotopic (exact) mass is 306 g/mol. The van der Waals surface area contributed by atoms with Crippen molar-refractivity contribution in [3.05, 3.63) is 34.9 Å². The number of carbonyl (C=O) groups is 2. The summed E-state index contributed by atoms with van der Waals surface area (Å²) in [4.78, 5) is 26.0. The van der Waals surface area contributed by atoms with Gasteiger partial charge in [0.1, 0.15) is 0 Å². The molecule has 0 aromatic heterocycles. The van der Waals surface area contributed by atoms with Crippen LogP contribution >= 0.6 is 11.6 Å². The predicted molar refractivity (Wildman–Crippen MR) is 81.2 cm³/mol. The Labute approximate surface area is 129 Å². The largest absolute Gasteiger partial charge is 0.353 e. The standard InChI is InChI=1S/C16H19ClN2O2/c17-13-3-1-2-12(10-13)16(21)19-8-6-14(7-9-19)18-15(20)11-4-5-11/h1-3,10-11,14H,4-9H2,(H,18,20). The summed E-state index contributed by atoms with van der Waals surface area (Å²) >= 11 is 5.93. The van der Waals surface area contributed by atoms with E-state index in [-0.39, 0.29) is 23.8 Å². The molecule has 1 saturated heterocycles. The van der Waals surface area contributed by atoms with E-state index in [1.165, 1.54) is 0 Å². The number of nitrogens with one attached hydrogen (secondary N) is 1. The van der Waals surface area contributed by atoms with Gasteiger partial charge in [0.05, 0.1) is 0 Å². The maximum absolute atomic E-state index is 12.4. The van der Waals surface area contributed by atoms with Crippen molar-refractivity contribution in [3.8, 4) is 0 Å². The third-order valence-corrected chi connectivity index (χ3v) is 4.38. The molecule has 21 heavy (non-hydrogen) atoms. The predicted octanol–water partition coefficient (Wildman–Crippen LogP) is 2.47. The number of hydrogen-bond acceptors (Lipinski definition) is 2. The van der Waals surface area contributed by atoms with Gasteiger partial charge in [-0.1, -0.05) is 17.7 Å². The van der Waals surface area contributed by atoms with Crippen LogP contribution in [0.1, 0.15) is 36.0 Å². The van der Waals surface area contributed by atoms with Crippen molar-refractivity contribution in [2.75, 3.05) is 13.1 Å². The van der Waals surface area contributed by atoms with E-state index in [0.29, 0.717) is 23.7 Å². The maximum Gasteiger partial charge on any atom is 0.253 e. The fraction of sp³-hybridized carbons (Fsp3) is 0.500. The van der Waals surface area contributed by atoms with Gasteiger partial charge in [0, 0.05) is 35.6 Å². The van der Waals surface area contributed by atoms with E-state index in [0.717, 1.165) is 25.7 Å².